The van der Waals surface area contributed by atoms with Crippen LogP contribution in [-0.2, 0) is 15.1 Å². The molecule has 2 heterocycles. The summed E-state index contributed by atoms with van der Waals surface area (Å²) in [6, 6.07) is 20.1. The molecule has 2 aromatic carbocycles. The van der Waals surface area contributed by atoms with E-state index in [0.717, 1.165) is 53.6 Å². The van der Waals surface area contributed by atoms with Gasteiger partial charge in [-0.2, -0.15) is 0 Å². The van der Waals surface area contributed by atoms with Crippen molar-refractivity contribution in [2.24, 2.45) is 11.7 Å². The summed E-state index contributed by atoms with van der Waals surface area (Å²) >= 11 is 0. The molecular formula is C32H35FN4O3. The summed E-state index contributed by atoms with van der Waals surface area (Å²) in [5, 5.41) is 3.06. The number of rotatable bonds is 7. The van der Waals surface area contributed by atoms with Crippen LogP contribution in [0.25, 0.3) is 22.4 Å². The maximum Gasteiger partial charge on any atom is 0.410 e. The number of carbonyl (C=O) groups excluding carboxylic acids is 2. The summed E-state index contributed by atoms with van der Waals surface area (Å²) in [6.45, 7) is 1.14. The molecule has 3 N–H and O–H groups in total. The minimum Gasteiger partial charge on any atom is -0.448 e. The molecule has 6 rings (SSSR count). The molecule has 2 saturated carbocycles. The molecule has 40 heavy (non-hydrogen) atoms. The lowest BCUT2D eigenvalue weighted by Crippen LogP contribution is -2.50. The maximum absolute atomic E-state index is 13.5. The van der Waals surface area contributed by atoms with Crippen LogP contribution in [0.2, 0.25) is 0 Å². The second kappa shape index (κ2) is 11.0. The molecule has 0 bridgehead atoms. The molecule has 3 fully saturated rings. The van der Waals surface area contributed by atoms with Crippen molar-refractivity contribution in [1.29, 1.82) is 0 Å². The molecule has 0 atom stereocenters. The summed E-state index contributed by atoms with van der Waals surface area (Å²) in [7, 11) is 0. The number of carbonyl (C=O) groups is 2. The minimum absolute atomic E-state index is 0.0261. The van der Waals surface area contributed by atoms with E-state index in [9.17, 15) is 14.0 Å². The van der Waals surface area contributed by atoms with Gasteiger partial charge in [-0.05, 0) is 48.8 Å². The van der Waals surface area contributed by atoms with Crippen LogP contribution in [0.3, 0.4) is 0 Å². The Labute approximate surface area is 233 Å². The molecule has 208 valence electrons. The smallest absolute Gasteiger partial charge is 0.410 e. The van der Waals surface area contributed by atoms with E-state index in [1.165, 1.54) is 0 Å². The number of aromatic nitrogens is 1. The number of pyridine rings is 1. The van der Waals surface area contributed by atoms with Gasteiger partial charge in [0, 0.05) is 42.0 Å². The Morgan fingerprint density at radius 2 is 1.77 bits per heavy atom. The van der Waals surface area contributed by atoms with Crippen molar-refractivity contribution in [3.8, 4) is 22.4 Å². The van der Waals surface area contributed by atoms with Gasteiger partial charge in [-0.1, -0.05) is 54.6 Å². The van der Waals surface area contributed by atoms with Gasteiger partial charge in [0.05, 0.1) is 24.1 Å². The van der Waals surface area contributed by atoms with Gasteiger partial charge < -0.3 is 20.7 Å². The average molecular weight is 543 g/mol. The summed E-state index contributed by atoms with van der Waals surface area (Å²) < 4.78 is 18.6. The Balaban J connectivity index is 1.15. The monoisotopic (exact) mass is 542 g/mol. The van der Waals surface area contributed by atoms with Gasteiger partial charge in [-0.25, -0.2) is 9.18 Å². The Bertz CT molecular complexity index is 1370. The summed E-state index contributed by atoms with van der Waals surface area (Å²) in [6.07, 6.45) is 5.45. The van der Waals surface area contributed by atoms with Crippen LogP contribution >= 0.6 is 0 Å². The van der Waals surface area contributed by atoms with E-state index < -0.39 is 11.7 Å². The molecule has 1 saturated heterocycles. The first-order valence-corrected chi connectivity index (χ1v) is 14.2. The highest BCUT2D eigenvalue weighted by Crippen LogP contribution is 2.42. The van der Waals surface area contributed by atoms with Crippen molar-refractivity contribution in [2.45, 2.75) is 62.7 Å². The van der Waals surface area contributed by atoms with Gasteiger partial charge in [-0.3, -0.25) is 9.78 Å². The molecule has 8 heteroatoms. The van der Waals surface area contributed by atoms with Crippen LogP contribution in [-0.4, -0.2) is 47.2 Å². The van der Waals surface area contributed by atoms with Gasteiger partial charge >= 0.3 is 6.09 Å². The van der Waals surface area contributed by atoms with Crippen LogP contribution < -0.4 is 11.1 Å². The SMILES string of the molecule is N[C@]1(c2ccc(-c3ncc(NC(=O)CC4CCC(N5CCOC5=O)CC4)cc3-c3ccccc3)cc2)C[C@H](F)C1. The number of benzene rings is 2. The predicted octanol–water partition coefficient (Wildman–Crippen LogP) is 6.04. The quantitative estimate of drug-likeness (QED) is 0.379. The number of amides is 2. The molecule has 0 radical (unpaired) electrons. The van der Waals surface area contributed by atoms with E-state index in [2.05, 4.69) is 5.32 Å². The fourth-order valence-corrected chi connectivity index (χ4v) is 6.40. The third-order valence-corrected chi connectivity index (χ3v) is 8.68. The Kier molecular flexibility index (Phi) is 7.27. The average Bonchev–Trinajstić information content (AvgIpc) is 3.39. The molecule has 2 aliphatic carbocycles. The highest BCUT2D eigenvalue weighted by Gasteiger charge is 2.42. The standard InChI is InChI=1S/C32H35FN4O3/c33-25-18-32(34,19-25)24-10-8-23(9-11-24)30-28(22-4-2-1-3-5-22)17-26(20-35-30)36-29(38)16-21-6-12-27(13-7-21)37-14-15-40-31(37)39/h1-5,8-11,17,20-21,25,27H,6-7,12-16,18-19,34H2,(H,36,38)/t21?,25-,27?,32+. The lowest BCUT2D eigenvalue weighted by atomic mass is 9.71. The van der Waals surface area contributed by atoms with E-state index in [4.69, 9.17) is 15.5 Å². The molecule has 7 nitrogen and oxygen atoms in total. The van der Waals surface area contributed by atoms with Crippen LogP contribution in [0.1, 0.15) is 50.5 Å². The third kappa shape index (κ3) is 5.45. The minimum atomic E-state index is -0.829. The fraction of sp³-hybridized carbons (Fsp3) is 0.406. The predicted molar refractivity (Wildman–Crippen MR) is 152 cm³/mol. The lowest BCUT2D eigenvalue weighted by molar-refractivity contribution is -0.117. The number of hydrogen-bond donors (Lipinski definition) is 2. The molecule has 3 aromatic rings. The number of cyclic esters (lactones) is 1. The number of nitrogens with one attached hydrogen (secondary N) is 1. The molecule has 1 aliphatic heterocycles. The first kappa shape index (κ1) is 26.4. The molecule has 0 spiro atoms. The lowest BCUT2D eigenvalue weighted by Gasteiger charge is -2.41. The second-order valence-electron chi connectivity index (χ2n) is 11.5. The van der Waals surface area contributed by atoms with Gasteiger partial charge in [0.25, 0.3) is 0 Å². The molecule has 1 aromatic heterocycles. The number of nitrogens with two attached hydrogens (primary N) is 1. The van der Waals surface area contributed by atoms with Crippen LogP contribution in [0.4, 0.5) is 14.9 Å². The van der Waals surface area contributed by atoms with Crippen molar-refractivity contribution in [1.82, 2.24) is 9.88 Å². The summed E-state index contributed by atoms with van der Waals surface area (Å²) in [5.41, 5.74) is 11.0. The zero-order chi connectivity index (χ0) is 27.7. The van der Waals surface area contributed by atoms with Crippen molar-refractivity contribution < 1.29 is 18.7 Å². The van der Waals surface area contributed by atoms with Gasteiger partial charge in [0.2, 0.25) is 5.91 Å². The van der Waals surface area contributed by atoms with E-state index in [0.29, 0.717) is 44.0 Å². The van der Waals surface area contributed by atoms with E-state index in [-0.39, 0.29) is 18.0 Å². The zero-order valence-corrected chi connectivity index (χ0v) is 22.5. The Hall–Kier alpha value is -3.78. The van der Waals surface area contributed by atoms with Gasteiger partial charge in [0.15, 0.2) is 0 Å². The van der Waals surface area contributed by atoms with E-state index in [1.54, 1.807) is 6.20 Å². The molecular weight excluding hydrogens is 507 g/mol. The van der Waals surface area contributed by atoms with Crippen molar-refractivity contribution in [3.05, 3.63) is 72.4 Å². The van der Waals surface area contributed by atoms with E-state index in [1.807, 2.05) is 65.6 Å². The number of alkyl halides is 1. The fourth-order valence-electron chi connectivity index (χ4n) is 6.40. The summed E-state index contributed by atoms with van der Waals surface area (Å²) in [5.74, 6) is 0.269. The van der Waals surface area contributed by atoms with Crippen LogP contribution in [0.5, 0.6) is 0 Å². The normalized spacial score (nSPS) is 26.2. The van der Waals surface area contributed by atoms with Crippen molar-refractivity contribution in [3.63, 3.8) is 0 Å². The van der Waals surface area contributed by atoms with Crippen molar-refractivity contribution in [2.75, 3.05) is 18.5 Å². The molecule has 2 amide bonds. The molecule has 0 unspecified atom stereocenters. The largest absolute Gasteiger partial charge is 0.448 e. The first-order chi connectivity index (χ1) is 19.4. The van der Waals surface area contributed by atoms with Crippen LogP contribution in [0.15, 0.2) is 66.9 Å². The topological polar surface area (TPSA) is 97.5 Å². The Morgan fingerprint density at radius 1 is 1.05 bits per heavy atom. The maximum atomic E-state index is 13.5. The van der Waals surface area contributed by atoms with Gasteiger partial charge in [-0.15, -0.1) is 0 Å². The highest BCUT2D eigenvalue weighted by atomic mass is 19.1. The number of halogens is 1. The first-order valence-electron chi connectivity index (χ1n) is 14.2. The van der Waals surface area contributed by atoms with E-state index >= 15 is 0 Å². The number of anilines is 1. The summed E-state index contributed by atoms with van der Waals surface area (Å²) in [4.78, 5) is 31.5. The third-order valence-electron chi connectivity index (χ3n) is 8.68. The zero-order valence-electron chi connectivity index (χ0n) is 22.5. The number of hydrogen-bond acceptors (Lipinski definition) is 5. The second-order valence-corrected chi connectivity index (χ2v) is 11.5. The van der Waals surface area contributed by atoms with Gasteiger partial charge in [0.1, 0.15) is 12.8 Å². The van der Waals surface area contributed by atoms with Crippen LogP contribution in [0, 0.1) is 5.92 Å². The molecule has 3 aliphatic rings. The number of nitrogens with zero attached hydrogens (tertiary/aromatic N) is 2. The van der Waals surface area contributed by atoms with Crippen molar-refractivity contribution >= 4 is 17.7 Å². The number of ether oxygens (including phenoxy) is 1. The highest BCUT2D eigenvalue weighted by molar-refractivity contribution is 5.93. The Morgan fingerprint density at radius 3 is 2.42 bits per heavy atom.